The van der Waals surface area contributed by atoms with Gasteiger partial charge in [0.2, 0.25) is 0 Å². The topological polar surface area (TPSA) is 35.5 Å². The highest BCUT2D eigenvalue weighted by molar-refractivity contribution is 7.79. The minimum atomic E-state index is -3.18. The molecule has 0 aliphatic carbocycles. The molecule has 0 radical (unpaired) electrons. The Hall–Kier alpha value is -1.97. The molecule has 1 fully saturated rings. The zero-order valence-electron chi connectivity index (χ0n) is 20.3. The monoisotopic (exact) mass is 478 g/mol. The highest BCUT2D eigenvalue weighted by Gasteiger charge is 2.63. The summed E-state index contributed by atoms with van der Waals surface area (Å²) < 4.78 is 29.6. The summed E-state index contributed by atoms with van der Waals surface area (Å²) in [6, 6.07) is 30.1. The van der Waals surface area contributed by atoms with Gasteiger partial charge in [0.05, 0.1) is 11.8 Å². The summed E-state index contributed by atoms with van der Waals surface area (Å²) in [6.45, 7) is 10.9. The van der Waals surface area contributed by atoms with Crippen LogP contribution in [-0.4, -0.2) is 20.1 Å². The predicted octanol–water partition coefficient (Wildman–Crippen LogP) is 6.52. The van der Waals surface area contributed by atoms with Crippen LogP contribution in [0.1, 0.15) is 25.8 Å². The van der Waals surface area contributed by atoms with E-state index >= 15 is 4.57 Å². The second-order valence-electron chi connectivity index (χ2n) is 9.95. The molecular weight excluding hydrogens is 443 g/mol. The molecule has 0 spiro atoms. The van der Waals surface area contributed by atoms with Crippen LogP contribution in [-0.2, 0) is 19.5 Å². The fourth-order valence-corrected chi connectivity index (χ4v) is 10.3. The summed E-state index contributed by atoms with van der Waals surface area (Å²) in [6.07, 6.45) is 0.789. The summed E-state index contributed by atoms with van der Waals surface area (Å²) in [5.41, 5.74) is 0.598. The number of hydrogen-bond acceptors (Lipinski definition) is 3. The summed E-state index contributed by atoms with van der Waals surface area (Å²) in [4.78, 5) is 0. The van der Waals surface area contributed by atoms with E-state index in [1.165, 1.54) is 0 Å². The maximum Gasteiger partial charge on any atom is 0.196 e. The van der Waals surface area contributed by atoms with E-state index in [1.54, 1.807) is 0 Å². The lowest BCUT2D eigenvalue weighted by atomic mass is 9.94. The van der Waals surface area contributed by atoms with Crippen LogP contribution in [0.5, 0.6) is 0 Å². The standard InChI is InChI=1S/C28H35O3PSi/c1-6-26-22(2)27(28(30-26,31-33(3,4)5)23-16-10-7-11-17-23)32(29,24-18-12-8-13-19-24)25-20-14-9-15-21-25/h7-22,26-27H,6H2,1-5H3/t22-,26-,27-,28-/m0/s1. The van der Waals surface area contributed by atoms with Gasteiger partial charge in [0.15, 0.2) is 21.2 Å². The third-order valence-corrected chi connectivity index (χ3v) is 11.1. The number of hydrogen-bond donors (Lipinski definition) is 0. The van der Waals surface area contributed by atoms with Crippen molar-refractivity contribution in [2.75, 3.05) is 0 Å². The van der Waals surface area contributed by atoms with Gasteiger partial charge in [-0.25, -0.2) is 0 Å². The molecule has 0 saturated carbocycles. The summed E-state index contributed by atoms with van der Waals surface area (Å²) >= 11 is 0. The first-order valence-corrected chi connectivity index (χ1v) is 17.1. The van der Waals surface area contributed by atoms with Crippen LogP contribution in [0.3, 0.4) is 0 Å². The molecule has 0 N–H and O–H groups in total. The normalized spacial score (nSPS) is 25.8. The smallest absolute Gasteiger partial charge is 0.196 e. The van der Waals surface area contributed by atoms with Crippen LogP contribution >= 0.6 is 7.14 Å². The van der Waals surface area contributed by atoms with Crippen molar-refractivity contribution in [3.8, 4) is 0 Å². The van der Waals surface area contributed by atoms with E-state index in [9.17, 15) is 0 Å². The van der Waals surface area contributed by atoms with Gasteiger partial charge in [0.1, 0.15) is 0 Å². The van der Waals surface area contributed by atoms with E-state index in [0.717, 1.165) is 22.6 Å². The van der Waals surface area contributed by atoms with Crippen molar-refractivity contribution >= 4 is 26.1 Å². The fourth-order valence-electron chi connectivity index (χ4n) is 5.25. The largest absolute Gasteiger partial charge is 0.387 e. The van der Waals surface area contributed by atoms with Gasteiger partial charge in [-0.3, -0.25) is 0 Å². The van der Waals surface area contributed by atoms with E-state index in [0.29, 0.717) is 0 Å². The maximum absolute atomic E-state index is 15.6. The molecule has 5 heteroatoms. The maximum atomic E-state index is 15.6. The lowest BCUT2D eigenvalue weighted by Crippen LogP contribution is -2.50. The van der Waals surface area contributed by atoms with Gasteiger partial charge >= 0.3 is 0 Å². The average molecular weight is 479 g/mol. The molecule has 1 saturated heterocycles. The zero-order chi connectivity index (χ0) is 23.7. The lowest BCUT2D eigenvalue weighted by molar-refractivity contribution is -0.185. The van der Waals surface area contributed by atoms with E-state index < -0.39 is 21.2 Å². The Balaban J connectivity index is 2.05. The molecule has 4 atom stereocenters. The number of rotatable bonds is 7. The van der Waals surface area contributed by atoms with E-state index in [-0.39, 0.29) is 17.7 Å². The highest BCUT2D eigenvalue weighted by Crippen LogP contribution is 2.64. The third-order valence-electron chi connectivity index (χ3n) is 6.51. The van der Waals surface area contributed by atoms with Gasteiger partial charge in [-0.15, -0.1) is 0 Å². The minimum absolute atomic E-state index is 0.0396. The Bertz CT molecular complexity index is 1050. The zero-order valence-corrected chi connectivity index (χ0v) is 22.2. The quantitative estimate of drug-likeness (QED) is 0.286. The van der Waals surface area contributed by atoms with Crippen LogP contribution in [0.4, 0.5) is 0 Å². The van der Waals surface area contributed by atoms with Gasteiger partial charge in [-0.1, -0.05) is 105 Å². The Morgan fingerprint density at radius 3 is 1.73 bits per heavy atom. The van der Waals surface area contributed by atoms with Crippen LogP contribution < -0.4 is 10.6 Å². The van der Waals surface area contributed by atoms with Crippen molar-refractivity contribution in [3.63, 3.8) is 0 Å². The number of ether oxygens (including phenoxy) is 1. The second-order valence-corrected chi connectivity index (χ2v) is 17.3. The first kappa shape index (κ1) is 24.2. The van der Waals surface area contributed by atoms with Crippen molar-refractivity contribution in [2.24, 2.45) is 5.92 Å². The molecule has 0 aromatic heterocycles. The van der Waals surface area contributed by atoms with Gasteiger partial charge in [-0.05, 0) is 32.0 Å². The van der Waals surface area contributed by atoms with Gasteiger partial charge < -0.3 is 13.7 Å². The van der Waals surface area contributed by atoms with Gasteiger partial charge in [-0.2, -0.15) is 0 Å². The van der Waals surface area contributed by atoms with E-state index in [2.05, 4.69) is 45.6 Å². The summed E-state index contributed by atoms with van der Waals surface area (Å²) in [5.74, 6) is -1.04. The van der Waals surface area contributed by atoms with Gasteiger partial charge in [0.25, 0.3) is 0 Å². The molecule has 0 bridgehead atoms. The van der Waals surface area contributed by atoms with E-state index in [1.807, 2.05) is 78.9 Å². The Morgan fingerprint density at radius 2 is 1.30 bits per heavy atom. The summed E-state index contributed by atoms with van der Waals surface area (Å²) in [5, 5.41) is 1.71. The average Bonchev–Trinajstić information content (AvgIpc) is 3.11. The molecular formula is C28H35O3PSi. The van der Waals surface area contributed by atoms with Crippen molar-refractivity contribution in [3.05, 3.63) is 96.6 Å². The first-order chi connectivity index (χ1) is 15.7. The predicted molar refractivity (Wildman–Crippen MR) is 140 cm³/mol. The van der Waals surface area contributed by atoms with Crippen LogP contribution in [0.25, 0.3) is 0 Å². The Morgan fingerprint density at radius 1 is 0.848 bits per heavy atom. The highest BCUT2D eigenvalue weighted by atomic mass is 31.2. The molecule has 1 aliphatic heterocycles. The Labute approximate surface area is 199 Å². The van der Waals surface area contributed by atoms with Crippen LogP contribution in [0, 0.1) is 5.92 Å². The van der Waals surface area contributed by atoms with Crippen molar-refractivity contribution < 1.29 is 13.7 Å². The van der Waals surface area contributed by atoms with Crippen molar-refractivity contribution in [2.45, 2.75) is 57.5 Å². The molecule has 3 aromatic carbocycles. The summed E-state index contributed by atoms with van der Waals surface area (Å²) in [7, 11) is -5.30. The van der Waals surface area contributed by atoms with E-state index in [4.69, 9.17) is 9.16 Å². The molecule has 3 aromatic rings. The molecule has 174 valence electrons. The molecule has 0 unspecified atom stereocenters. The molecule has 4 rings (SSSR count). The first-order valence-electron chi connectivity index (χ1n) is 11.9. The molecule has 0 amide bonds. The molecule has 33 heavy (non-hydrogen) atoms. The van der Waals surface area contributed by atoms with Gasteiger partial charge in [0, 0.05) is 16.2 Å². The lowest BCUT2D eigenvalue weighted by Gasteiger charge is -2.43. The van der Waals surface area contributed by atoms with Crippen molar-refractivity contribution in [1.29, 1.82) is 0 Å². The van der Waals surface area contributed by atoms with Crippen LogP contribution in [0.15, 0.2) is 91.0 Å². The van der Waals surface area contributed by atoms with Crippen LogP contribution in [0.2, 0.25) is 19.6 Å². The SMILES string of the molecule is CC[C@@H]1O[C@](O[Si](C)(C)C)(c2ccccc2)[C@@H](P(=O)(c2ccccc2)c2ccccc2)[C@H]1C. The number of benzene rings is 3. The fraction of sp³-hybridized carbons (Fsp3) is 0.357. The third kappa shape index (κ3) is 4.42. The Kier molecular flexibility index (Phi) is 6.84. The molecule has 1 aliphatic rings. The second kappa shape index (κ2) is 9.35. The minimum Gasteiger partial charge on any atom is -0.387 e. The van der Waals surface area contributed by atoms with Crippen molar-refractivity contribution in [1.82, 2.24) is 0 Å². The molecule has 1 heterocycles. The molecule has 3 nitrogen and oxygen atoms in total.